The lowest BCUT2D eigenvalue weighted by molar-refractivity contribution is 1.04. The van der Waals surface area contributed by atoms with Crippen molar-refractivity contribution >= 4 is 22.7 Å². The van der Waals surface area contributed by atoms with E-state index in [9.17, 15) is 0 Å². The summed E-state index contributed by atoms with van der Waals surface area (Å²) in [5.41, 5.74) is 4.04. The number of nitrogens with zero attached hydrogens (tertiary/aromatic N) is 4. The number of aryl methyl sites for hydroxylation is 1. The molecule has 0 saturated carbocycles. The highest BCUT2D eigenvalue weighted by molar-refractivity contribution is 5.93. The Morgan fingerprint density at radius 1 is 0.724 bits per heavy atom. The predicted molar refractivity (Wildman–Crippen MR) is 115 cm³/mol. The summed E-state index contributed by atoms with van der Waals surface area (Å²) >= 11 is 0. The van der Waals surface area contributed by atoms with Crippen LogP contribution < -0.4 is 5.32 Å². The van der Waals surface area contributed by atoms with E-state index < -0.39 is 0 Å². The largest absolute Gasteiger partial charge is 0.307 e. The molecule has 0 spiro atoms. The Balaban J connectivity index is 1.69. The Labute approximate surface area is 167 Å². The molecule has 0 saturated heterocycles. The molecule has 0 aliphatic heterocycles. The maximum Gasteiger partial charge on any atom is 0.247 e. The maximum atomic E-state index is 4.85. The van der Waals surface area contributed by atoms with Gasteiger partial charge in [-0.05, 0) is 30.2 Å². The highest BCUT2D eigenvalue weighted by Crippen LogP contribution is 2.32. The van der Waals surface area contributed by atoms with Crippen LogP contribution in [-0.4, -0.2) is 25.1 Å². The summed E-state index contributed by atoms with van der Waals surface area (Å²) in [6, 6.07) is 26.4. The van der Waals surface area contributed by atoms with Crippen LogP contribution in [0.2, 0.25) is 0 Å². The Kier molecular flexibility index (Phi) is 4.22. The molecule has 2 aromatic heterocycles. The van der Waals surface area contributed by atoms with Crippen molar-refractivity contribution in [3.05, 3.63) is 84.7 Å². The second kappa shape index (κ2) is 7.16. The predicted octanol–water partition coefficient (Wildman–Crippen LogP) is 5.13. The van der Waals surface area contributed by atoms with Crippen LogP contribution in [-0.2, 0) is 0 Å². The van der Waals surface area contributed by atoms with Crippen LogP contribution in [0.4, 0.5) is 11.8 Å². The molecule has 0 radical (unpaired) electrons. The van der Waals surface area contributed by atoms with E-state index in [1.165, 1.54) is 0 Å². The Bertz CT molecular complexity index is 1290. The fourth-order valence-electron chi connectivity index (χ4n) is 3.34. The van der Waals surface area contributed by atoms with Crippen molar-refractivity contribution in [2.24, 2.45) is 0 Å². The van der Waals surface area contributed by atoms with Gasteiger partial charge in [0.2, 0.25) is 5.95 Å². The lowest BCUT2D eigenvalue weighted by atomic mass is 9.99. The fourth-order valence-corrected chi connectivity index (χ4v) is 3.34. The minimum atomic E-state index is 0.480. The van der Waals surface area contributed by atoms with E-state index in [0.717, 1.165) is 33.4 Å². The zero-order valence-corrected chi connectivity index (χ0v) is 15.8. The zero-order chi connectivity index (χ0) is 19.6. The number of aromatic amines is 1. The van der Waals surface area contributed by atoms with E-state index in [4.69, 9.17) is 9.97 Å². The van der Waals surface area contributed by atoms with E-state index in [0.29, 0.717) is 17.6 Å². The summed E-state index contributed by atoms with van der Waals surface area (Å²) in [5.74, 6) is 2.54. The second-order valence-electron chi connectivity index (χ2n) is 6.69. The number of hydrogen-bond acceptors (Lipinski definition) is 5. The number of H-pyrrole nitrogens is 1. The molecular weight excluding hydrogens is 360 g/mol. The molecular formula is C23H18N6. The molecule has 2 N–H and O–H groups in total. The third-order valence-electron chi connectivity index (χ3n) is 4.68. The van der Waals surface area contributed by atoms with Gasteiger partial charge in [-0.15, -0.1) is 5.10 Å². The van der Waals surface area contributed by atoms with Crippen molar-refractivity contribution in [1.82, 2.24) is 25.1 Å². The molecule has 0 fully saturated rings. The number of hydrogen-bond donors (Lipinski definition) is 2. The number of benzene rings is 3. The SMILES string of the molecule is Cc1nc(Nc2nc(-c3ccccc3-c3ccccc3)nc3ccccc23)n[nH]1. The first-order chi connectivity index (χ1) is 14.3. The van der Waals surface area contributed by atoms with Gasteiger partial charge in [0.25, 0.3) is 0 Å². The number of fused-ring (bicyclic) bond motifs is 1. The first-order valence-electron chi connectivity index (χ1n) is 9.35. The third kappa shape index (κ3) is 3.32. The lowest BCUT2D eigenvalue weighted by Crippen LogP contribution is -2.01. The molecule has 140 valence electrons. The van der Waals surface area contributed by atoms with Gasteiger partial charge in [0.05, 0.1) is 5.52 Å². The molecule has 5 aromatic rings. The van der Waals surface area contributed by atoms with Crippen LogP contribution in [0.5, 0.6) is 0 Å². The first kappa shape index (κ1) is 17.1. The molecule has 2 heterocycles. The van der Waals surface area contributed by atoms with E-state index >= 15 is 0 Å². The zero-order valence-electron chi connectivity index (χ0n) is 15.8. The van der Waals surface area contributed by atoms with Crippen LogP contribution in [0.15, 0.2) is 78.9 Å². The van der Waals surface area contributed by atoms with Crippen molar-refractivity contribution in [2.75, 3.05) is 5.32 Å². The smallest absolute Gasteiger partial charge is 0.247 e. The van der Waals surface area contributed by atoms with Gasteiger partial charge in [-0.25, -0.2) is 9.97 Å². The normalized spacial score (nSPS) is 10.9. The topological polar surface area (TPSA) is 79.4 Å². The number of rotatable bonds is 4. The second-order valence-corrected chi connectivity index (χ2v) is 6.69. The average Bonchev–Trinajstić information content (AvgIpc) is 3.19. The quantitative estimate of drug-likeness (QED) is 0.453. The molecule has 6 heteroatoms. The summed E-state index contributed by atoms with van der Waals surface area (Å²) in [6.45, 7) is 1.86. The molecule has 0 aliphatic rings. The lowest BCUT2D eigenvalue weighted by Gasteiger charge is -2.12. The summed E-state index contributed by atoms with van der Waals surface area (Å²) in [5, 5.41) is 11.2. The van der Waals surface area contributed by atoms with E-state index in [-0.39, 0.29) is 0 Å². The van der Waals surface area contributed by atoms with Crippen molar-refractivity contribution in [3.63, 3.8) is 0 Å². The van der Waals surface area contributed by atoms with E-state index in [1.54, 1.807) is 0 Å². The van der Waals surface area contributed by atoms with Crippen LogP contribution in [0.25, 0.3) is 33.4 Å². The third-order valence-corrected chi connectivity index (χ3v) is 4.68. The summed E-state index contributed by atoms with van der Waals surface area (Å²) < 4.78 is 0. The Morgan fingerprint density at radius 2 is 1.45 bits per heavy atom. The standard InChI is InChI=1S/C23H18N6/c1-15-24-23(29-28-15)27-22-19-13-7-8-14-20(19)25-21(26-22)18-12-6-5-11-17(18)16-9-3-2-4-10-16/h2-14H,1H3,(H2,24,25,26,27,28,29). The van der Waals surface area contributed by atoms with Crippen molar-refractivity contribution in [3.8, 4) is 22.5 Å². The highest BCUT2D eigenvalue weighted by atomic mass is 15.3. The van der Waals surface area contributed by atoms with E-state index in [2.05, 4.69) is 38.7 Å². The van der Waals surface area contributed by atoms with Crippen LogP contribution in [0.3, 0.4) is 0 Å². The number of aromatic nitrogens is 5. The summed E-state index contributed by atoms with van der Waals surface area (Å²) in [4.78, 5) is 14.0. The van der Waals surface area contributed by atoms with Gasteiger partial charge in [-0.1, -0.05) is 66.7 Å². The molecule has 29 heavy (non-hydrogen) atoms. The maximum absolute atomic E-state index is 4.85. The van der Waals surface area contributed by atoms with Gasteiger partial charge >= 0.3 is 0 Å². The van der Waals surface area contributed by atoms with Gasteiger partial charge in [-0.2, -0.15) is 4.98 Å². The van der Waals surface area contributed by atoms with Crippen LogP contribution in [0, 0.1) is 6.92 Å². The number of nitrogens with one attached hydrogen (secondary N) is 2. The van der Waals surface area contributed by atoms with Crippen molar-refractivity contribution < 1.29 is 0 Å². The summed E-state index contributed by atoms with van der Waals surface area (Å²) in [7, 11) is 0. The van der Waals surface area contributed by atoms with Crippen molar-refractivity contribution in [2.45, 2.75) is 6.92 Å². The Hall–Kier alpha value is -4.06. The highest BCUT2D eigenvalue weighted by Gasteiger charge is 2.14. The van der Waals surface area contributed by atoms with Crippen LogP contribution in [0.1, 0.15) is 5.82 Å². The molecule has 0 unspecified atom stereocenters. The van der Waals surface area contributed by atoms with E-state index in [1.807, 2.05) is 67.6 Å². The van der Waals surface area contributed by atoms with Crippen molar-refractivity contribution in [1.29, 1.82) is 0 Å². The monoisotopic (exact) mass is 378 g/mol. The summed E-state index contributed by atoms with van der Waals surface area (Å²) in [6.07, 6.45) is 0. The van der Waals surface area contributed by atoms with Gasteiger partial charge in [0, 0.05) is 10.9 Å². The van der Waals surface area contributed by atoms with Gasteiger partial charge in [0.1, 0.15) is 11.6 Å². The average molecular weight is 378 g/mol. The number of anilines is 2. The molecule has 0 bridgehead atoms. The Morgan fingerprint density at radius 3 is 2.24 bits per heavy atom. The molecule has 6 nitrogen and oxygen atoms in total. The van der Waals surface area contributed by atoms with Gasteiger partial charge in [0.15, 0.2) is 5.82 Å². The first-order valence-corrected chi connectivity index (χ1v) is 9.35. The molecule has 0 aliphatic carbocycles. The molecule has 0 atom stereocenters. The van der Waals surface area contributed by atoms with Crippen LogP contribution >= 0.6 is 0 Å². The fraction of sp³-hybridized carbons (Fsp3) is 0.0435. The van der Waals surface area contributed by atoms with Gasteiger partial charge in [-0.3, -0.25) is 5.10 Å². The number of para-hydroxylation sites is 1. The minimum absolute atomic E-state index is 0.480. The minimum Gasteiger partial charge on any atom is -0.307 e. The molecule has 0 amide bonds. The molecule has 5 rings (SSSR count). The molecule has 3 aromatic carbocycles. The van der Waals surface area contributed by atoms with Gasteiger partial charge < -0.3 is 5.32 Å².